The summed E-state index contributed by atoms with van der Waals surface area (Å²) in [5.41, 5.74) is -9.03. The summed E-state index contributed by atoms with van der Waals surface area (Å²) >= 11 is 0. The van der Waals surface area contributed by atoms with Crippen LogP contribution in [0.3, 0.4) is 0 Å². The molecule has 4 saturated carbocycles. The minimum Gasteiger partial charge on any atom is -0.693 e. The molecule has 5 fully saturated rings. The second-order valence-electron chi connectivity index (χ2n) is 20.8. The topological polar surface area (TPSA) is 36.7 Å². The van der Waals surface area contributed by atoms with E-state index in [1.807, 2.05) is 0 Å². The summed E-state index contributed by atoms with van der Waals surface area (Å²) in [6.45, 7) is 17.3. The fraction of sp³-hybridized carbons (Fsp3) is 0.392. The number of para-hydroxylation sites is 1. The summed E-state index contributed by atoms with van der Waals surface area (Å²) in [6, 6.07) is 7.06. The predicted molar refractivity (Wildman–Crippen MR) is 234 cm³/mol. The van der Waals surface area contributed by atoms with Crippen LogP contribution in [0.1, 0.15) is 103 Å². The Kier molecular flexibility index (Phi) is 16.3. The number of nitrogens with zero attached hydrogens (tertiary/aromatic N) is 1. The quantitative estimate of drug-likeness (QED) is 0.0526. The monoisotopic (exact) mass is 1270 g/mol. The van der Waals surface area contributed by atoms with Gasteiger partial charge in [-0.1, -0.05) is 64.2 Å². The van der Waals surface area contributed by atoms with E-state index in [0.717, 1.165) is 23.7 Å². The molecule has 0 atom stereocenters. The van der Waals surface area contributed by atoms with Crippen LogP contribution >= 0.6 is 0 Å². The molecule has 5 aromatic rings. The van der Waals surface area contributed by atoms with Gasteiger partial charge < -0.3 is 11.1 Å². The van der Waals surface area contributed by atoms with Crippen LogP contribution in [0, 0.1) is 152 Å². The third-order valence-corrected chi connectivity index (χ3v) is 15.7. The van der Waals surface area contributed by atoms with Crippen LogP contribution in [0.5, 0.6) is 0 Å². The Morgan fingerprint density at radius 3 is 0.907 bits per heavy atom. The van der Waals surface area contributed by atoms with E-state index in [0.29, 0.717) is 17.3 Å². The van der Waals surface area contributed by atoms with Crippen molar-refractivity contribution in [3.05, 3.63) is 158 Å². The van der Waals surface area contributed by atoms with E-state index < -0.39 is 144 Å². The molecular formula is C51H42AuBF20N2. The molecule has 1 saturated heterocycles. The van der Waals surface area contributed by atoms with Gasteiger partial charge in [-0.3, -0.25) is 0 Å². The van der Waals surface area contributed by atoms with Crippen molar-refractivity contribution in [2.24, 2.45) is 29.1 Å². The van der Waals surface area contributed by atoms with E-state index in [4.69, 9.17) is 0 Å². The van der Waals surface area contributed by atoms with Crippen LogP contribution < -0.4 is 26.8 Å². The van der Waals surface area contributed by atoms with Crippen molar-refractivity contribution in [3.63, 3.8) is 0 Å². The zero-order valence-electron chi connectivity index (χ0n) is 40.0. The Morgan fingerprint density at radius 2 is 0.667 bits per heavy atom. The zero-order chi connectivity index (χ0) is 54.2. The first kappa shape index (κ1) is 59.5. The Bertz CT molecular complexity index is 2670. The molecule has 0 aromatic heterocycles. The molecule has 1 heterocycles. The van der Waals surface area contributed by atoms with Crippen molar-refractivity contribution < 1.29 is 110 Å². The van der Waals surface area contributed by atoms with Crippen LogP contribution in [-0.2, 0) is 22.4 Å². The van der Waals surface area contributed by atoms with Gasteiger partial charge in [0.25, 0.3) is 0 Å². The van der Waals surface area contributed by atoms with Crippen molar-refractivity contribution in [2.45, 2.75) is 97.4 Å². The SMILES string of the molecule is CC(C)c1cccc(C(C)C)c1N1[CH-]C2(CC1(C)C)C1CC3CC(C1)CC2C3.Fc1c(F)c(F)c([B-](c2c(F)c(F)c(F)c(F)c2F)(c2c(F)c(F)c(F)c(F)c2F)c2c(F)c(F)c(F)c(F)c2F)c(F)c1F.[Au+3].[NH2-]. The summed E-state index contributed by atoms with van der Waals surface area (Å²) in [6.07, 6.45) is 1.73. The molecule has 410 valence electrons. The Morgan fingerprint density at radius 1 is 0.427 bits per heavy atom. The fourth-order valence-electron chi connectivity index (χ4n) is 12.9. The minimum atomic E-state index is -7.22. The molecule has 2 N–H and O–H groups in total. The maximum absolute atomic E-state index is 15.4. The van der Waals surface area contributed by atoms with Crippen LogP contribution in [0.4, 0.5) is 93.5 Å². The van der Waals surface area contributed by atoms with Gasteiger partial charge in [-0.05, 0) is 80.8 Å². The summed E-state index contributed by atoms with van der Waals surface area (Å²) in [7, 11) is 0. The van der Waals surface area contributed by atoms with Crippen LogP contribution in [-0.4, -0.2) is 11.7 Å². The standard InChI is InChI=1S/C27H40N.C24BF20.Au.H2N/c1-17(2)23-8-7-9-24(18(3)4)25(23)28-16-27(15-26(28,5)6)21-11-19-10-20(13-21)14-22(27)12-19;26-5-1(6(27)14(35)21(42)13(5)34)25(2-7(28)15(36)22(43)16(37)8(2)29,3-9(30)17(38)23(44)18(39)10(3)31)4-11(32)19(40)24(45)20(41)12(4)33;;/h7-9,16-22H,10-15H2,1-6H3;;;1H2/q2*-1;+3;-1. The number of hydrogen-bond donors (Lipinski definition) is 0. The predicted octanol–water partition coefficient (Wildman–Crippen LogP) is 14.1. The van der Waals surface area contributed by atoms with E-state index in [-0.39, 0.29) is 34.1 Å². The maximum atomic E-state index is 15.4. The molecule has 5 aliphatic rings. The van der Waals surface area contributed by atoms with Crippen molar-refractivity contribution in [3.8, 4) is 0 Å². The van der Waals surface area contributed by atoms with E-state index in [9.17, 15) is 52.7 Å². The van der Waals surface area contributed by atoms with Gasteiger partial charge in [0.1, 0.15) is 52.7 Å². The number of halogens is 20. The first-order valence-corrected chi connectivity index (χ1v) is 22.9. The summed E-state index contributed by atoms with van der Waals surface area (Å²) < 4.78 is 294. The van der Waals surface area contributed by atoms with E-state index in [1.165, 1.54) is 43.2 Å². The normalized spacial score (nSPS) is 21.5. The molecule has 0 radical (unpaired) electrons. The largest absolute Gasteiger partial charge is 3.00 e. The van der Waals surface area contributed by atoms with Gasteiger partial charge in [-0.2, -0.15) is 0 Å². The summed E-state index contributed by atoms with van der Waals surface area (Å²) in [4.78, 5) is 2.78. The van der Waals surface area contributed by atoms with Gasteiger partial charge in [0.05, 0.1) is 0 Å². The van der Waals surface area contributed by atoms with Gasteiger partial charge >= 0.3 is 22.4 Å². The van der Waals surface area contributed by atoms with Crippen molar-refractivity contribution >= 4 is 33.7 Å². The molecule has 24 heteroatoms. The van der Waals surface area contributed by atoms with Gasteiger partial charge in [-0.15, -0.1) is 27.3 Å². The van der Waals surface area contributed by atoms with E-state index in [1.54, 1.807) is 12.1 Å². The van der Waals surface area contributed by atoms with Gasteiger partial charge in [-0.25, -0.2) is 94.4 Å². The third-order valence-electron chi connectivity index (χ3n) is 15.7. The number of hydrogen-bond acceptors (Lipinski definition) is 1. The third kappa shape index (κ3) is 8.66. The Labute approximate surface area is 432 Å². The molecule has 0 unspecified atom stereocenters. The molecule has 4 bridgehead atoms. The average Bonchev–Trinajstić information content (AvgIpc) is 3.63. The molecule has 2 nitrogen and oxygen atoms in total. The molecule has 75 heavy (non-hydrogen) atoms. The second-order valence-corrected chi connectivity index (χ2v) is 20.8. The zero-order valence-corrected chi connectivity index (χ0v) is 42.1. The summed E-state index contributed by atoms with van der Waals surface area (Å²) in [5.74, 6) is -66.3. The molecular weight excluding hydrogens is 1230 g/mol. The van der Waals surface area contributed by atoms with E-state index >= 15 is 35.1 Å². The van der Waals surface area contributed by atoms with Crippen LogP contribution in [0.2, 0.25) is 0 Å². The fourth-order valence-corrected chi connectivity index (χ4v) is 12.9. The molecule has 10 rings (SSSR count). The molecule has 1 spiro atoms. The van der Waals surface area contributed by atoms with Crippen molar-refractivity contribution in [2.75, 3.05) is 4.90 Å². The van der Waals surface area contributed by atoms with Crippen LogP contribution in [0.15, 0.2) is 18.2 Å². The summed E-state index contributed by atoms with van der Waals surface area (Å²) in [5, 5.41) is 0. The minimum absolute atomic E-state index is 0. The molecule has 5 aromatic carbocycles. The number of nitrogens with two attached hydrogens (primary N) is 1. The van der Waals surface area contributed by atoms with Gasteiger partial charge in [0.15, 0.2) is 69.8 Å². The molecule has 1 aliphatic heterocycles. The average molecular weight is 1270 g/mol. The molecule has 4 aliphatic carbocycles. The Hall–Kier alpha value is -4.73. The van der Waals surface area contributed by atoms with Gasteiger partial charge in [0.2, 0.25) is 0 Å². The maximum Gasteiger partial charge on any atom is 3.00 e. The number of benzene rings is 5. The van der Waals surface area contributed by atoms with E-state index in [2.05, 4.69) is 71.2 Å². The van der Waals surface area contributed by atoms with Crippen molar-refractivity contribution in [1.82, 2.24) is 0 Å². The first-order chi connectivity index (χ1) is 33.9. The number of rotatable bonds is 7. The van der Waals surface area contributed by atoms with Crippen molar-refractivity contribution in [1.29, 1.82) is 0 Å². The van der Waals surface area contributed by atoms with Crippen LogP contribution in [0.25, 0.3) is 6.15 Å². The second kappa shape index (κ2) is 20.6. The number of anilines is 1. The first-order valence-electron chi connectivity index (χ1n) is 22.9. The molecule has 0 amide bonds. The van der Waals surface area contributed by atoms with Gasteiger partial charge in [0, 0.05) is 11.2 Å². The Balaban J connectivity index is 0.000000261. The smallest absolute Gasteiger partial charge is 0.693 e.